The fraction of sp³-hybridized carbons (Fsp3) is 0.706. The zero-order chi connectivity index (χ0) is 18.2. The molecule has 8 heteroatoms. The summed E-state index contributed by atoms with van der Waals surface area (Å²) in [7, 11) is -3.12. The number of hydrogen-bond donors (Lipinski definition) is 2. The Labute approximate surface area is 174 Å². The Morgan fingerprint density at radius 1 is 1.32 bits per heavy atom. The van der Waals surface area contributed by atoms with Crippen LogP contribution >= 0.6 is 35.3 Å². The third-order valence-corrected chi connectivity index (χ3v) is 7.14. The van der Waals surface area contributed by atoms with Crippen molar-refractivity contribution in [3.63, 3.8) is 0 Å². The molecule has 2 N–H and O–H groups in total. The van der Waals surface area contributed by atoms with Gasteiger partial charge in [0, 0.05) is 24.5 Å². The quantitative estimate of drug-likeness (QED) is 0.326. The lowest BCUT2D eigenvalue weighted by Crippen LogP contribution is -2.42. The largest absolute Gasteiger partial charge is 0.357 e. The van der Waals surface area contributed by atoms with Gasteiger partial charge in [0.05, 0.1) is 10.5 Å². The normalized spacial score (nSPS) is 13.9. The second-order valence-corrected chi connectivity index (χ2v) is 10.9. The first-order chi connectivity index (χ1) is 11.2. The molecule has 0 saturated heterocycles. The number of halogens is 1. The molecule has 5 nitrogen and oxygen atoms in total. The van der Waals surface area contributed by atoms with Crippen molar-refractivity contribution in [3.05, 3.63) is 22.4 Å². The third kappa shape index (κ3) is 9.23. The van der Waals surface area contributed by atoms with Crippen molar-refractivity contribution in [2.24, 2.45) is 10.9 Å². The highest BCUT2D eigenvalue weighted by Gasteiger charge is 2.28. The van der Waals surface area contributed by atoms with E-state index in [0.717, 1.165) is 13.0 Å². The van der Waals surface area contributed by atoms with Crippen LogP contribution in [-0.4, -0.2) is 44.5 Å². The summed E-state index contributed by atoms with van der Waals surface area (Å²) in [5, 5.41) is 8.38. The number of hydrogen-bond acceptors (Lipinski definition) is 4. The highest BCUT2D eigenvalue weighted by Crippen LogP contribution is 2.15. The van der Waals surface area contributed by atoms with E-state index in [1.807, 2.05) is 6.92 Å². The second-order valence-electron chi connectivity index (χ2n) is 6.97. The standard InChI is InChI=1S/C17H31N3O2S2.HI/c1-6-18-16(19-9-11-24(21,22)17(3,4)5)20-13-14(2)12-15-8-7-10-23-15;/h7-8,10,14H,6,9,11-13H2,1-5H3,(H2,18,19,20);1H. The first kappa shape index (κ1) is 24.7. The van der Waals surface area contributed by atoms with E-state index in [1.165, 1.54) is 4.88 Å². The van der Waals surface area contributed by atoms with E-state index in [1.54, 1.807) is 32.1 Å². The highest BCUT2D eigenvalue weighted by atomic mass is 127. The van der Waals surface area contributed by atoms with Crippen molar-refractivity contribution < 1.29 is 8.42 Å². The molecule has 1 unspecified atom stereocenters. The third-order valence-electron chi connectivity index (χ3n) is 3.63. The Hall–Kier alpha value is -0.350. The number of nitrogens with zero attached hydrogens (tertiary/aromatic N) is 1. The van der Waals surface area contributed by atoms with Gasteiger partial charge in [0.15, 0.2) is 15.8 Å². The van der Waals surface area contributed by atoms with Crippen molar-refractivity contribution in [1.29, 1.82) is 0 Å². The second kappa shape index (κ2) is 11.4. The molecule has 0 amide bonds. The summed E-state index contributed by atoms with van der Waals surface area (Å²) in [6.45, 7) is 11.2. The minimum Gasteiger partial charge on any atom is -0.357 e. The van der Waals surface area contributed by atoms with E-state index in [-0.39, 0.29) is 29.7 Å². The predicted octanol–water partition coefficient (Wildman–Crippen LogP) is 3.31. The molecule has 0 radical (unpaired) electrons. The molecule has 0 aromatic carbocycles. The molecular weight excluding hydrogens is 469 g/mol. The van der Waals surface area contributed by atoms with Crippen molar-refractivity contribution in [1.82, 2.24) is 10.6 Å². The molecule has 0 aliphatic rings. The lowest BCUT2D eigenvalue weighted by atomic mass is 10.1. The molecule has 0 bridgehead atoms. The van der Waals surface area contributed by atoms with Gasteiger partial charge >= 0.3 is 0 Å². The number of rotatable bonds is 8. The van der Waals surface area contributed by atoms with Crippen LogP contribution in [0.15, 0.2) is 22.5 Å². The summed E-state index contributed by atoms with van der Waals surface area (Å²) in [6, 6.07) is 4.21. The van der Waals surface area contributed by atoms with Gasteiger partial charge in [0.1, 0.15) is 0 Å². The van der Waals surface area contributed by atoms with Gasteiger partial charge in [-0.3, -0.25) is 4.99 Å². The van der Waals surface area contributed by atoms with Crippen LogP contribution in [0.4, 0.5) is 0 Å². The molecule has 1 aromatic heterocycles. The van der Waals surface area contributed by atoms with Gasteiger partial charge in [0.2, 0.25) is 0 Å². The van der Waals surface area contributed by atoms with Crippen LogP contribution in [0.25, 0.3) is 0 Å². The number of aliphatic imine (C=N–C) groups is 1. The summed E-state index contributed by atoms with van der Waals surface area (Å²) in [5.41, 5.74) is 0. The summed E-state index contributed by atoms with van der Waals surface area (Å²) in [5.74, 6) is 1.23. The van der Waals surface area contributed by atoms with Gasteiger partial charge in [-0.15, -0.1) is 35.3 Å². The summed E-state index contributed by atoms with van der Waals surface area (Å²) < 4.78 is 23.5. The van der Waals surface area contributed by atoms with E-state index < -0.39 is 14.6 Å². The van der Waals surface area contributed by atoms with Crippen LogP contribution in [0.2, 0.25) is 0 Å². The Balaban J connectivity index is 0.00000576. The van der Waals surface area contributed by atoms with Crippen molar-refractivity contribution in [3.8, 4) is 0 Å². The maximum Gasteiger partial charge on any atom is 0.191 e. The molecule has 0 aliphatic heterocycles. The lowest BCUT2D eigenvalue weighted by Gasteiger charge is -2.20. The number of thiophene rings is 1. The van der Waals surface area contributed by atoms with Crippen molar-refractivity contribution >= 4 is 51.1 Å². The van der Waals surface area contributed by atoms with Crippen LogP contribution in [0.3, 0.4) is 0 Å². The summed E-state index contributed by atoms with van der Waals surface area (Å²) in [6.07, 6.45) is 1.01. The average Bonchev–Trinajstić information content (AvgIpc) is 2.96. The van der Waals surface area contributed by atoms with Gasteiger partial charge in [-0.1, -0.05) is 13.0 Å². The highest BCUT2D eigenvalue weighted by molar-refractivity contribution is 14.0. The van der Waals surface area contributed by atoms with Crippen molar-refractivity contribution in [2.45, 2.75) is 45.8 Å². The van der Waals surface area contributed by atoms with Gasteiger partial charge in [-0.25, -0.2) is 8.42 Å². The maximum atomic E-state index is 12.1. The van der Waals surface area contributed by atoms with Gasteiger partial charge < -0.3 is 10.6 Å². The van der Waals surface area contributed by atoms with E-state index >= 15 is 0 Å². The van der Waals surface area contributed by atoms with Gasteiger partial charge in [-0.05, 0) is 51.5 Å². The Morgan fingerprint density at radius 3 is 2.52 bits per heavy atom. The topological polar surface area (TPSA) is 70.6 Å². The molecule has 1 atom stereocenters. The molecule has 1 aromatic rings. The zero-order valence-electron chi connectivity index (χ0n) is 15.8. The molecule has 1 rings (SSSR count). The van der Waals surface area contributed by atoms with Crippen LogP contribution in [0.5, 0.6) is 0 Å². The zero-order valence-corrected chi connectivity index (χ0v) is 19.8. The van der Waals surface area contributed by atoms with Crippen LogP contribution < -0.4 is 10.6 Å². The molecule has 0 saturated carbocycles. The number of nitrogens with one attached hydrogen (secondary N) is 2. The number of sulfone groups is 1. The van der Waals surface area contributed by atoms with Crippen LogP contribution in [0, 0.1) is 5.92 Å². The van der Waals surface area contributed by atoms with Crippen LogP contribution in [0.1, 0.15) is 39.5 Å². The lowest BCUT2D eigenvalue weighted by molar-refractivity contribution is 0.558. The van der Waals surface area contributed by atoms with Crippen LogP contribution in [-0.2, 0) is 16.3 Å². The maximum absolute atomic E-state index is 12.1. The molecule has 1 heterocycles. The Kier molecular flexibility index (Phi) is 11.2. The van der Waals surface area contributed by atoms with Gasteiger partial charge in [0.25, 0.3) is 0 Å². The molecule has 25 heavy (non-hydrogen) atoms. The predicted molar refractivity (Wildman–Crippen MR) is 120 cm³/mol. The molecule has 0 fully saturated rings. The first-order valence-corrected chi connectivity index (χ1v) is 11.0. The Bertz CT molecular complexity index is 608. The minimum absolute atomic E-state index is 0. The molecule has 0 spiro atoms. The molecule has 146 valence electrons. The van der Waals surface area contributed by atoms with E-state index in [2.05, 4.69) is 40.1 Å². The smallest absolute Gasteiger partial charge is 0.191 e. The fourth-order valence-electron chi connectivity index (χ4n) is 2.04. The monoisotopic (exact) mass is 501 g/mol. The summed E-state index contributed by atoms with van der Waals surface area (Å²) in [4.78, 5) is 5.95. The van der Waals surface area contributed by atoms with E-state index in [9.17, 15) is 8.42 Å². The molecule has 0 aliphatic carbocycles. The van der Waals surface area contributed by atoms with Gasteiger partial charge in [-0.2, -0.15) is 0 Å². The average molecular weight is 502 g/mol. The molecular formula is C17H32IN3O2S2. The van der Waals surface area contributed by atoms with E-state index in [4.69, 9.17) is 0 Å². The fourth-order valence-corrected chi connectivity index (χ4v) is 3.89. The van der Waals surface area contributed by atoms with E-state index in [0.29, 0.717) is 25.0 Å². The summed E-state index contributed by atoms with van der Waals surface area (Å²) >= 11 is 1.77. The minimum atomic E-state index is -3.12. The number of guanidine groups is 1. The first-order valence-electron chi connectivity index (χ1n) is 8.42. The Morgan fingerprint density at radius 2 is 2.00 bits per heavy atom. The SMILES string of the molecule is CCNC(=NCC(C)Cc1cccs1)NCCS(=O)(=O)C(C)(C)C.I. The van der Waals surface area contributed by atoms with Crippen molar-refractivity contribution in [2.75, 3.05) is 25.4 Å².